The molecule has 36 heavy (non-hydrogen) atoms. The van der Waals surface area contributed by atoms with E-state index in [1.807, 2.05) is 13.8 Å². The second-order valence-electron chi connectivity index (χ2n) is 10.1. The van der Waals surface area contributed by atoms with E-state index < -0.39 is 40.2 Å². The lowest BCUT2D eigenvalue weighted by Gasteiger charge is -2.44. The molecule has 0 spiro atoms. The predicted octanol–water partition coefficient (Wildman–Crippen LogP) is 1.27. The Morgan fingerprint density at radius 3 is 2.53 bits per heavy atom. The highest BCUT2D eigenvalue weighted by molar-refractivity contribution is 8.01. The molecule has 196 valence electrons. The van der Waals surface area contributed by atoms with Crippen molar-refractivity contribution in [3.05, 3.63) is 35.7 Å². The molecule has 3 unspecified atom stereocenters. The molecule has 4 rings (SSSR count). The van der Waals surface area contributed by atoms with Gasteiger partial charge in [-0.1, -0.05) is 12.1 Å². The third kappa shape index (κ3) is 5.13. The van der Waals surface area contributed by atoms with E-state index in [-0.39, 0.29) is 36.2 Å². The molecule has 14 heteroatoms. The molecule has 1 aromatic heterocycles. The number of carbonyl (C=O) groups excluding carboxylic acids is 3. The summed E-state index contributed by atoms with van der Waals surface area (Å²) in [6.45, 7) is 8.99. The summed E-state index contributed by atoms with van der Waals surface area (Å²) in [4.78, 5) is 40.6. The Kier molecular flexibility index (Phi) is 7.59. The number of carbonyl (C=O) groups is 3. The molecular weight excluding hydrogens is 510 g/mol. The van der Waals surface area contributed by atoms with Crippen LogP contribution in [0.4, 0.5) is 0 Å². The fourth-order valence-corrected chi connectivity index (χ4v) is 5.62. The minimum absolute atomic E-state index is 0. The van der Waals surface area contributed by atoms with Gasteiger partial charge < -0.3 is 25.8 Å². The molecule has 4 N–H and O–H groups in total. The highest BCUT2D eigenvalue weighted by atomic mass is 35.5. The minimum Gasteiger partial charge on any atom is -0.508 e. The highest BCUT2D eigenvalue weighted by Gasteiger charge is 2.63. The number of benzene rings is 1. The number of amides is 2. The number of ether oxygens (including phenoxy) is 1. The van der Waals surface area contributed by atoms with E-state index in [1.165, 1.54) is 28.7 Å². The van der Waals surface area contributed by atoms with Gasteiger partial charge >= 0.3 is 5.97 Å². The standard InChI is InChI=1S/C22H29N7O5S.ClH/c1-21(2,3)20(33)34-10-28-26-16(25-27-28)15-22(4,5)35-19-14(18(32)29(15)19)24-17(31)13(23)11-6-8-12(30)9-7-11;/h6-9,13-15,19,30H,10,23H2,1-5H3,(H,24,31);1H/t13?,14?,15?,19-;/m1./s1. The van der Waals surface area contributed by atoms with Gasteiger partial charge in [0.05, 0.1) is 5.41 Å². The van der Waals surface area contributed by atoms with Crippen LogP contribution in [0.25, 0.3) is 0 Å². The summed E-state index contributed by atoms with van der Waals surface area (Å²) in [7, 11) is 0. The van der Waals surface area contributed by atoms with Crippen molar-refractivity contribution in [3.8, 4) is 5.75 Å². The fourth-order valence-electron chi connectivity index (χ4n) is 3.99. The molecule has 1 aromatic carbocycles. The van der Waals surface area contributed by atoms with Gasteiger partial charge in [0.25, 0.3) is 0 Å². The number of phenolic OH excluding ortho intramolecular Hbond substituents is 1. The number of phenols is 1. The Bertz CT molecular complexity index is 1150. The molecule has 0 saturated carbocycles. The normalized spacial score (nSPS) is 23.2. The molecule has 0 aliphatic carbocycles. The van der Waals surface area contributed by atoms with Crippen LogP contribution in [0.1, 0.15) is 58.1 Å². The quantitative estimate of drug-likeness (QED) is 0.359. The number of hydrogen-bond donors (Lipinski definition) is 3. The van der Waals surface area contributed by atoms with Crippen molar-refractivity contribution in [1.82, 2.24) is 30.4 Å². The van der Waals surface area contributed by atoms with Crippen LogP contribution in [0.15, 0.2) is 24.3 Å². The summed E-state index contributed by atoms with van der Waals surface area (Å²) >= 11 is 1.53. The van der Waals surface area contributed by atoms with Gasteiger partial charge in [0, 0.05) is 4.75 Å². The number of rotatable bonds is 6. The number of hydrogen-bond acceptors (Lipinski definition) is 10. The number of aromatic nitrogens is 4. The summed E-state index contributed by atoms with van der Waals surface area (Å²) in [6.07, 6.45) is 0. The van der Waals surface area contributed by atoms with Gasteiger partial charge in [0.2, 0.25) is 18.5 Å². The molecule has 2 amide bonds. The monoisotopic (exact) mass is 539 g/mol. The molecule has 2 aliphatic rings. The number of nitrogens with one attached hydrogen (secondary N) is 1. The first-order chi connectivity index (χ1) is 16.3. The average Bonchev–Trinajstić information content (AvgIpc) is 3.34. The zero-order chi connectivity index (χ0) is 25.7. The molecule has 12 nitrogen and oxygen atoms in total. The topological polar surface area (TPSA) is 166 Å². The SMILES string of the molecule is CC(C)(C)C(=O)OCn1nnc(C2N3C(=O)C(NC(=O)C(N)c4ccc(O)cc4)[C@H]3SC2(C)C)n1.Cl. The van der Waals surface area contributed by atoms with Crippen molar-refractivity contribution >= 4 is 42.0 Å². The molecule has 0 bridgehead atoms. The zero-order valence-electron chi connectivity index (χ0n) is 20.5. The smallest absolute Gasteiger partial charge is 0.313 e. The van der Waals surface area contributed by atoms with Gasteiger partial charge in [-0.2, -0.15) is 0 Å². The molecule has 2 aliphatic heterocycles. The summed E-state index contributed by atoms with van der Waals surface area (Å²) < 4.78 is 4.77. The van der Waals surface area contributed by atoms with E-state index in [1.54, 1.807) is 37.8 Å². The van der Waals surface area contributed by atoms with Crippen LogP contribution >= 0.6 is 24.2 Å². The molecular formula is C22H30ClN7O5S. The summed E-state index contributed by atoms with van der Waals surface area (Å²) in [5.41, 5.74) is 5.92. The Hall–Kier alpha value is -2.90. The molecule has 2 aromatic rings. The Labute approximate surface area is 218 Å². The number of fused-ring (bicyclic) bond motifs is 1. The van der Waals surface area contributed by atoms with Crippen molar-refractivity contribution in [3.63, 3.8) is 0 Å². The van der Waals surface area contributed by atoms with Crippen LogP contribution in [-0.2, 0) is 25.9 Å². The second kappa shape index (κ2) is 9.87. The number of aromatic hydroxyl groups is 1. The van der Waals surface area contributed by atoms with Gasteiger partial charge in [0.15, 0.2) is 5.82 Å². The van der Waals surface area contributed by atoms with Crippen LogP contribution in [0.2, 0.25) is 0 Å². The first kappa shape index (κ1) is 27.7. The van der Waals surface area contributed by atoms with Crippen molar-refractivity contribution in [2.45, 2.75) is 69.6 Å². The van der Waals surface area contributed by atoms with Gasteiger partial charge in [-0.05, 0) is 57.5 Å². The second-order valence-corrected chi connectivity index (χ2v) is 11.9. The van der Waals surface area contributed by atoms with Gasteiger partial charge in [-0.3, -0.25) is 14.4 Å². The number of esters is 1. The predicted molar refractivity (Wildman–Crippen MR) is 133 cm³/mol. The van der Waals surface area contributed by atoms with E-state index in [9.17, 15) is 19.5 Å². The van der Waals surface area contributed by atoms with E-state index in [4.69, 9.17) is 10.5 Å². The van der Waals surface area contributed by atoms with Crippen LogP contribution < -0.4 is 11.1 Å². The van der Waals surface area contributed by atoms with Gasteiger partial charge in [-0.25, -0.2) is 0 Å². The number of β-lactam (4-membered cyclic amide) rings is 1. The lowest BCUT2D eigenvalue weighted by atomic mass is 9.95. The Balaban J connectivity index is 0.00000361. The summed E-state index contributed by atoms with van der Waals surface area (Å²) in [5, 5.41) is 24.3. The minimum atomic E-state index is -0.981. The third-order valence-corrected chi connectivity index (χ3v) is 7.48. The van der Waals surface area contributed by atoms with Gasteiger partial charge in [0.1, 0.15) is 29.2 Å². The Morgan fingerprint density at radius 2 is 1.92 bits per heavy atom. The van der Waals surface area contributed by atoms with Crippen LogP contribution in [0.3, 0.4) is 0 Å². The maximum Gasteiger partial charge on any atom is 0.313 e. The van der Waals surface area contributed by atoms with Crippen molar-refractivity contribution < 1.29 is 24.2 Å². The average molecular weight is 540 g/mol. The summed E-state index contributed by atoms with van der Waals surface area (Å²) in [5.74, 6) is -0.745. The molecule has 0 radical (unpaired) electrons. The fraction of sp³-hybridized carbons (Fsp3) is 0.545. The van der Waals surface area contributed by atoms with E-state index in [0.717, 1.165) is 0 Å². The van der Waals surface area contributed by atoms with Crippen LogP contribution in [0, 0.1) is 5.41 Å². The highest BCUT2D eigenvalue weighted by Crippen LogP contribution is 2.56. The molecule has 3 heterocycles. The molecule has 2 fully saturated rings. The number of tetrazole rings is 1. The number of halogens is 1. The number of nitrogens with two attached hydrogens (primary N) is 1. The van der Waals surface area contributed by atoms with Crippen molar-refractivity contribution in [1.29, 1.82) is 0 Å². The van der Waals surface area contributed by atoms with Crippen LogP contribution in [0.5, 0.6) is 5.75 Å². The van der Waals surface area contributed by atoms with E-state index in [0.29, 0.717) is 11.4 Å². The number of thioether (sulfide) groups is 1. The van der Waals surface area contributed by atoms with Gasteiger partial charge in [-0.15, -0.1) is 39.2 Å². The first-order valence-electron chi connectivity index (χ1n) is 11.1. The molecule has 4 atom stereocenters. The Morgan fingerprint density at radius 1 is 1.28 bits per heavy atom. The summed E-state index contributed by atoms with van der Waals surface area (Å²) in [6, 6.07) is 3.83. The molecule has 2 saturated heterocycles. The van der Waals surface area contributed by atoms with E-state index in [2.05, 4.69) is 20.7 Å². The van der Waals surface area contributed by atoms with Crippen LogP contribution in [-0.4, -0.2) is 64.2 Å². The zero-order valence-corrected chi connectivity index (χ0v) is 22.2. The maximum absolute atomic E-state index is 13.1. The lowest BCUT2D eigenvalue weighted by Crippen LogP contribution is -2.68. The third-order valence-electron chi connectivity index (χ3n) is 5.91. The first-order valence-corrected chi connectivity index (χ1v) is 12.0. The number of nitrogens with zero attached hydrogens (tertiary/aromatic N) is 5. The lowest BCUT2D eigenvalue weighted by molar-refractivity contribution is -0.158. The van der Waals surface area contributed by atoms with Crippen molar-refractivity contribution in [2.24, 2.45) is 11.1 Å². The van der Waals surface area contributed by atoms with Crippen molar-refractivity contribution in [2.75, 3.05) is 0 Å². The largest absolute Gasteiger partial charge is 0.508 e. The van der Waals surface area contributed by atoms with E-state index >= 15 is 0 Å². The maximum atomic E-state index is 13.1.